The van der Waals surface area contributed by atoms with E-state index >= 15 is 0 Å². The highest BCUT2D eigenvalue weighted by atomic mass is 35.5. The third-order valence-electron chi connectivity index (χ3n) is 5.97. The first-order valence-electron chi connectivity index (χ1n) is 10.3. The number of amides is 2. The van der Waals surface area contributed by atoms with Crippen LogP contribution in [0.2, 0.25) is 0 Å². The Morgan fingerprint density at radius 1 is 1.14 bits per heavy atom. The molecule has 156 valence electrons. The summed E-state index contributed by atoms with van der Waals surface area (Å²) in [6, 6.07) is 8.84. The Morgan fingerprint density at radius 3 is 2.46 bits per heavy atom. The maximum absolute atomic E-state index is 12.9. The zero-order chi connectivity index (χ0) is 19.4. The normalized spacial score (nSPS) is 21.4. The SMILES string of the molecule is CC(C)c1ccc(C(C)CC(=O)N2CCCC(N3CCNCC3=O)C2)cc1.Cl. The monoisotopic (exact) mass is 407 g/mol. The number of rotatable bonds is 5. The average molecular weight is 408 g/mol. The van der Waals surface area contributed by atoms with E-state index in [4.69, 9.17) is 0 Å². The van der Waals surface area contributed by atoms with Crippen molar-refractivity contribution in [3.8, 4) is 0 Å². The van der Waals surface area contributed by atoms with Gasteiger partial charge in [-0.1, -0.05) is 45.0 Å². The average Bonchev–Trinajstić information content (AvgIpc) is 2.68. The van der Waals surface area contributed by atoms with Crippen LogP contribution in [0.5, 0.6) is 0 Å². The molecule has 0 spiro atoms. The first-order chi connectivity index (χ1) is 13.0. The van der Waals surface area contributed by atoms with Crippen LogP contribution < -0.4 is 5.32 Å². The summed E-state index contributed by atoms with van der Waals surface area (Å²) in [4.78, 5) is 29.0. The highest BCUT2D eigenvalue weighted by molar-refractivity contribution is 5.85. The fraction of sp³-hybridized carbons (Fsp3) is 0.636. The standard InChI is InChI=1S/C22H33N3O2.ClH/c1-16(2)18-6-8-19(9-7-18)17(3)13-21(26)24-11-4-5-20(15-24)25-12-10-23-14-22(25)27;/h6-9,16-17,20,23H,4-5,10-15H2,1-3H3;1H. The lowest BCUT2D eigenvalue weighted by Crippen LogP contribution is -2.57. The summed E-state index contributed by atoms with van der Waals surface area (Å²) in [5.74, 6) is 1.11. The molecule has 2 atom stereocenters. The number of halogens is 1. The molecule has 0 radical (unpaired) electrons. The summed E-state index contributed by atoms with van der Waals surface area (Å²) < 4.78 is 0. The second-order valence-corrected chi connectivity index (χ2v) is 8.33. The van der Waals surface area contributed by atoms with Crippen LogP contribution >= 0.6 is 12.4 Å². The van der Waals surface area contributed by atoms with Crippen LogP contribution in [-0.2, 0) is 9.59 Å². The lowest BCUT2D eigenvalue weighted by atomic mass is 9.93. The number of benzene rings is 1. The van der Waals surface area contributed by atoms with Gasteiger partial charge in [0.15, 0.2) is 0 Å². The van der Waals surface area contributed by atoms with Crippen LogP contribution in [0.25, 0.3) is 0 Å². The summed E-state index contributed by atoms with van der Waals surface area (Å²) in [5, 5.41) is 3.12. The molecule has 0 bridgehead atoms. The maximum atomic E-state index is 12.9. The Morgan fingerprint density at radius 2 is 1.82 bits per heavy atom. The van der Waals surface area contributed by atoms with Crippen LogP contribution in [0, 0.1) is 0 Å². The topological polar surface area (TPSA) is 52.7 Å². The molecule has 2 heterocycles. The molecule has 5 nitrogen and oxygen atoms in total. The highest BCUT2D eigenvalue weighted by Gasteiger charge is 2.31. The molecule has 2 unspecified atom stereocenters. The Balaban J connectivity index is 0.00000280. The van der Waals surface area contributed by atoms with Crippen molar-refractivity contribution in [3.63, 3.8) is 0 Å². The Bertz CT molecular complexity index is 662. The lowest BCUT2D eigenvalue weighted by molar-refractivity contribution is -0.140. The van der Waals surface area contributed by atoms with Crippen molar-refractivity contribution in [1.29, 1.82) is 0 Å². The summed E-state index contributed by atoms with van der Waals surface area (Å²) in [7, 11) is 0. The number of hydrogen-bond donors (Lipinski definition) is 1. The van der Waals surface area contributed by atoms with Crippen molar-refractivity contribution >= 4 is 24.2 Å². The van der Waals surface area contributed by atoms with Gasteiger partial charge in [0, 0.05) is 38.6 Å². The molecule has 0 aromatic heterocycles. The number of hydrogen-bond acceptors (Lipinski definition) is 3. The van der Waals surface area contributed by atoms with Gasteiger partial charge >= 0.3 is 0 Å². The molecule has 2 aliphatic heterocycles. The first kappa shape index (κ1) is 22.7. The molecule has 1 aromatic rings. The van der Waals surface area contributed by atoms with E-state index in [-0.39, 0.29) is 36.2 Å². The third-order valence-corrected chi connectivity index (χ3v) is 5.97. The number of nitrogens with one attached hydrogen (secondary N) is 1. The molecule has 2 saturated heterocycles. The quantitative estimate of drug-likeness (QED) is 0.815. The van der Waals surface area contributed by atoms with Crippen LogP contribution in [-0.4, -0.2) is 60.4 Å². The molecule has 28 heavy (non-hydrogen) atoms. The van der Waals surface area contributed by atoms with Crippen molar-refractivity contribution in [1.82, 2.24) is 15.1 Å². The van der Waals surface area contributed by atoms with E-state index in [1.807, 2.05) is 9.80 Å². The fourth-order valence-corrected chi connectivity index (χ4v) is 4.16. The van der Waals surface area contributed by atoms with Crippen LogP contribution in [0.15, 0.2) is 24.3 Å². The van der Waals surface area contributed by atoms with Gasteiger partial charge in [-0.05, 0) is 35.8 Å². The number of nitrogens with zero attached hydrogens (tertiary/aromatic N) is 2. The van der Waals surface area contributed by atoms with Crippen molar-refractivity contribution in [2.45, 2.75) is 57.9 Å². The van der Waals surface area contributed by atoms with E-state index in [9.17, 15) is 9.59 Å². The molecule has 6 heteroatoms. The van der Waals surface area contributed by atoms with E-state index in [1.54, 1.807) is 0 Å². The molecular weight excluding hydrogens is 374 g/mol. The molecule has 1 aromatic carbocycles. The van der Waals surface area contributed by atoms with Gasteiger partial charge < -0.3 is 15.1 Å². The van der Waals surface area contributed by atoms with Gasteiger partial charge in [-0.25, -0.2) is 0 Å². The molecular formula is C22H34ClN3O2. The first-order valence-corrected chi connectivity index (χ1v) is 10.3. The minimum absolute atomic E-state index is 0. The predicted molar refractivity (Wildman–Crippen MR) is 115 cm³/mol. The predicted octanol–water partition coefficient (Wildman–Crippen LogP) is 3.15. The molecule has 2 fully saturated rings. The van der Waals surface area contributed by atoms with Gasteiger partial charge in [0.1, 0.15) is 0 Å². The van der Waals surface area contributed by atoms with E-state index in [1.165, 1.54) is 11.1 Å². The minimum atomic E-state index is 0. The van der Waals surface area contributed by atoms with Crippen molar-refractivity contribution in [2.75, 3.05) is 32.7 Å². The summed E-state index contributed by atoms with van der Waals surface area (Å²) in [6.45, 7) is 10.0. The summed E-state index contributed by atoms with van der Waals surface area (Å²) >= 11 is 0. The number of likely N-dealkylation sites (tertiary alicyclic amines) is 1. The van der Waals surface area contributed by atoms with E-state index < -0.39 is 0 Å². The number of carbonyl (C=O) groups excluding carboxylic acids is 2. The smallest absolute Gasteiger partial charge is 0.236 e. The second kappa shape index (κ2) is 10.3. The lowest BCUT2D eigenvalue weighted by Gasteiger charge is -2.41. The van der Waals surface area contributed by atoms with Gasteiger partial charge in [-0.3, -0.25) is 9.59 Å². The summed E-state index contributed by atoms with van der Waals surface area (Å²) in [5.41, 5.74) is 2.55. The molecule has 2 amide bonds. The number of piperidine rings is 1. The number of carbonyl (C=O) groups is 2. The van der Waals surface area contributed by atoms with Gasteiger partial charge in [0.25, 0.3) is 0 Å². The van der Waals surface area contributed by atoms with E-state index in [2.05, 4.69) is 50.4 Å². The molecule has 1 N–H and O–H groups in total. The Kier molecular flexibility index (Phi) is 8.32. The molecule has 3 rings (SSSR count). The molecule has 2 aliphatic rings. The van der Waals surface area contributed by atoms with Gasteiger partial charge in [-0.2, -0.15) is 0 Å². The second-order valence-electron chi connectivity index (χ2n) is 8.33. The zero-order valence-corrected chi connectivity index (χ0v) is 18.1. The maximum Gasteiger partial charge on any atom is 0.236 e. The molecule has 0 saturated carbocycles. The third kappa shape index (κ3) is 5.48. The van der Waals surface area contributed by atoms with Crippen LogP contribution in [0.4, 0.5) is 0 Å². The van der Waals surface area contributed by atoms with Gasteiger partial charge in [-0.15, -0.1) is 12.4 Å². The fourth-order valence-electron chi connectivity index (χ4n) is 4.16. The van der Waals surface area contributed by atoms with Crippen LogP contribution in [0.3, 0.4) is 0 Å². The van der Waals surface area contributed by atoms with Gasteiger partial charge in [0.05, 0.1) is 6.54 Å². The van der Waals surface area contributed by atoms with E-state index in [0.29, 0.717) is 25.4 Å². The van der Waals surface area contributed by atoms with Crippen molar-refractivity contribution in [3.05, 3.63) is 35.4 Å². The van der Waals surface area contributed by atoms with Crippen molar-refractivity contribution < 1.29 is 9.59 Å². The highest BCUT2D eigenvalue weighted by Crippen LogP contribution is 2.24. The zero-order valence-electron chi connectivity index (χ0n) is 17.3. The number of piperazine rings is 1. The van der Waals surface area contributed by atoms with Gasteiger partial charge in [0.2, 0.25) is 11.8 Å². The summed E-state index contributed by atoms with van der Waals surface area (Å²) in [6.07, 6.45) is 2.51. The van der Waals surface area contributed by atoms with Crippen LogP contribution in [0.1, 0.15) is 63.0 Å². The molecule has 0 aliphatic carbocycles. The van der Waals surface area contributed by atoms with Crippen molar-refractivity contribution in [2.24, 2.45) is 0 Å². The Labute approximate surface area is 175 Å². The minimum Gasteiger partial charge on any atom is -0.341 e. The Hall–Kier alpha value is -1.59. The van der Waals surface area contributed by atoms with E-state index in [0.717, 1.165) is 32.5 Å². The largest absolute Gasteiger partial charge is 0.341 e.